The number of benzene rings is 2. The van der Waals surface area contributed by atoms with Crippen LogP contribution in [0.4, 0.5) is 0 Å². The van der Waals surface area contributed by atoms with E-state index < -0.39 is 0 Å². The highest BCUT2D eigenvalue weighted by Crippen LogP contribution is 2.22. The van der Waals surface area contributed by atoms with E-state index in [9.17, 15) is 9.59 Å². The first-order valence-electron chi connectivity index (χ1n) is 9.40. The van der Waals surface area contributed by atoms with Crippen LogP contribution in [0.15, 0.2) is 46.3 Å². The predicted octanol–water partition coefficient (Wildman–Crippen LogP) is 4.41. The lowest BCUT2D eigenvalue weighted by atomic mass is 10.1. The predicted molar refractivity (Wildman–Crippen MR) is 118 cm³/mol. The van der Waals surface area contributed by atoms with Gasteiger partial charge >= 0.3 is 5.97 Å². The van der Waals surface area contributed by atoms with Gasteiger partial charge in [-0.3, -0.25) is 9.59 Å². The van der Waals surface area contributed by atoms with E-state index >= 15 is 0 Å². The molecular formula is C22H24N2O3S2. The first-order valence-corrected chi connectivity index (χ1v) is 11.2. The summed E-state index contributed by atoms with van der Waals surface area (Å²) >= 11 is 2.87. The summed E-state index contributed by atoms with van der Waals surface area (Å²) in [5.41, 5.74) is 4.36. The average Bonchev–Trinajstić information content (AvgIpc) is 2.98. The number of carbonyl (C=O) groups excluding carboxylic acids is 2. The van der Waals surface area contributed by atoms with Crippen LogP contribution >= 0.6 is 23.1 Å². The fourth-order valence-electron chi connectivity index (χ4n) is 2.81. The fraction of sp³-hybridized carbons (Fsp3) is 0.318. The summed E-state index contributed by atoms with van der Waals surface area (Å²) in [6.45, 7) is 8.23. The number of fused-ring (bicyclic) bond motifs is 1. The summed E-state index contributed by atoms with van der Waals surface area (Å²) in [7, 11) is 0. The van der Waals surface area contributed by atoms with E-state index in [0.29, 0.717) is 11.4 Å². The van der Waals surface area contributed by atoms with E-state index in [4.69, 9.17) is 4.74 Å². The number of thioether (sulfide) groups is 1. The zero-order valence-corrected chi connectivity index (χ0v) is 18.7. The number of rotatable bonds is 6. The minimum absolute atomic E-state index is 0.0353. The number of ether oxygens (including phenoxy) is 1. The van der Waals surface area contributed by atoms with Crippen molar-refractivity contribution in [1.29, 1.82) is 0 Å². The number of thiazole rings is 1. The number of hydrogen-bond acceptors (Lipinski definition) is 5. The summed E-state index contributed by atoms with van der Waals surface area (Å²) < 4.78 is 7.88. The van der Waals surface area contributed by atoms with Gasteiger partial charge in [-0.25, -0.2) is 0 Å². The largest absolute Gasteiger partial charge is 0.465 e. The number of aromatic nitrogens is 1. The molecule has 1 aromatic heterocycles. The van der Waals surface area contributed by atoms with Gasteiger partial charge in [0.05, 0.1) is 22.6 Å². The van der Waals surface area contributed by atoms with E-state index in [0.717, 1.165) is 26.2 Å². The number of esters is 1. The molecule has 0 saturated heterocycles. The molecule has 0 atom stereocenters. The maximum absolute atomic E-state index is 12.5. The highest BCUT2D eigenvalue weighted by Gasteiger charge is 2.13. The van der Waals surface area contributed by atoms with Crippen LogP contribution in [0.5, 0.6) is 0 Å². The zero-order chi connectivity index (χ0) is 21.0. The van der Waals surface area contributed by atoms with Crippen molar-refractivity contribution >= 4 is 45.2 Å². The molecule has 0 bridgehead atoms. The highest BCUT2D eigenvalue weighted by atomic mass is 32.2. The van der Waals surface area contributed by atoms with Crippen molar-refractivity contribution in [2.45, 2.75) is 39.1 Å². The smallest absolute Gasteiger partial charge is 0.326 e. The SMILES string of the molecule is CCOC(=O)Cn1c(=NC(=O)CSc2ccc(C)cc2)sc2cc(C)c(C)cc21. The fourth-order valence-corrected chi connectivity index (χ4v) is 4.62. The van der Waals surface area contributed by atoms with Crippen LogP contribution in [0.25, 0.3) is 10.2 Å². The van der Waals surface area contributed by atoms with Gasteiger partial charge in [0.2, 0.25) is 0 Å². The summed E-state index contributed by atoms with van der Waals surface area (Å²) in [5, 5.41) is 0. The molecule has 0 saturated carbocycles. The lowest BCUT2D eigenvalue weighted by Crippen LogP contribution is -2.23. The van der Waals surface area contributed by atoms with E-state index in [-0.39, 0.29) is 24.2 Å². The number of carbonyl (C=O) groups is 2. The maximum Gasteiger partial charge on any atom is 0.326 e. The molecule has 5 nitrogen and oxygen atoms in total. The Balaban J connectivity index is 1.92. The van der Waals surface area contributed by atoms with Gasteiger partial charge in [0, 0.05) is 4.90 Å². The molecular weight excluding hydrogens is 404 g/mol. The Bertz CT molecular complexity index is 1110. The summed E-state index contributed by atoms with van der Waals surface area (Å²) in [4.78, 5) is 30.5. The highest BCUT2D eigenvalue weighted by molar-refractivity contribution is 8.00. The molecule has 3 rings (SSSR count). The third-order valence-electron chi connectivity index (χ3n) is 4.49. The summed E-state index contributed by atoms with van der Waals surface area (Å²) in [6.07, 6.45) is 0. The normalized spacial score (nSPS) is 11.8. The van der Waals surface area contributed by atoms with Crippen LogP contribution in [-0.4, -0.2) is 28.8 Å². The molecule has 1 amide bonds. The molecule has 152 valence electrons. The van der Waals surface area contributed by atoms with Crippen molar-refractivity contribution in [3.8, 4) is 0 Å². The van der Waals surface area contributed by atoms with Crippen molar-refractivity contribution in [2.24, 2.45) is 4.99 Å². The maximum atomic E-state index is 12.5. The molecule has 0 spiro atoms. The van der Waals surface area contributed by atoms with Gasteiger partial charge in [0.1, 0.15) is 6.54 Å². The average molecular weight is 429 g/mol. The Kier molecular flexibility index (Phi) is 6.92. The minimum Gasteiger partial charge on any atom is -0.465 e. The summed E-state index contributed by atoms with van der Waals surface area (Å²) in [6, 6.07) is 12.1. The van der Waals surface area contributed by atoms with Gasteiger partial charge < -0.3 is 9.30 Å². The van der Waals surface area contributed by atoms with E-state index in [2.05, 4.69) is 11.1 Å². The second-order valence-electron chi connectivity index (χ2n) is 6.79. The topological polar surface area (TPSA) is 60.7 Å². The second-order valence-corrected chi connectivity index (χ2v) is 8.85. The first-order chi connectivity index (χ1) is 13.9. The summed E-state index contributed by atoms with van der Waals surface area (Å²) in [5.74, 6) is -0.323. The molecule has 7 heteroatoms. The lowest BCUT2D eigenvalue weighted by molar-refractivity contribution is -0.143. The number of amides is 1. The van der Waals surface area contributed by atoms with Crippen molar-refractivity contribution in [3.05, 3.63) is 57.9 Å². The van der Waals surface area contributed by atoms with Gasteiger partial charge in [-0.15, -0.1) is 11.8 Å². The van der Waals surface area contributed by atoms with Crippen LogP contribution in [0.3, 0.4) is 0 Å². The third kappa shape index (κ3) is 5.36. The number of hydrogen-bond donors (Lipinski definition) is 0. The third-order valence-corrected chi connectivity index (χ3v) is 6.53. The quantitative estimate of drug-likeness (QED) is 0.431. The van der Waals surface area contributed by atoms with Gasteiger partial charge in [0.25, 0.3) is 5.91 Å². The van der Waals surface area contributed by atoms with Crippen LogP contribution in [0.1, 0.15) is 23.6 Å². The van der Waals surface area contributed by atoms with Gasteiger partial charge in [-0.05, 0) is 63.1 Å². The molecule has 2 aromatic carbocycles. The van der Waals surface area contributed by atoms with Crippen molar-refractivity contribution in [3.63, 3.8) is 0 Å². The van der Waals surface area contributed by atoms with E-state index in [1.54, 1.807) is 11.5 Å². The monoisotopic (exact) mass is 428 g/mol. The van der Waals surface area contributed by atoms with Crippen molar-refractivity contribution in [2.75, 3.05) is 12.4 Å². The molecule has 1 heterocycles. The minimum atomic E-state index is -0.339. The zero-order valence-electron chi connectivity index (χ0n) is 17.0. The van der Waals surface area contributed by atoms with Gasteiger partial charge in [-0.2, -0.15) is 4.99 Å². The first kappa shape index (κ1) is 21.3. The Labute approximate surface area is 178 Å². The second kappa shape index (κ2) is 9.41. The van der Waals surface area contributed by atoms with Gasteiger partial charge in [-0.1, -0.05) is 29.0 Å². The Hall–Kier alpha value is -2.38. The molecule has 0 fully saturated rings. The lowest BCUT2D eigenvalue weighted by Gasteiger charge is -2.06. The molecule has 0 unspecified atom stereocenters. The molecule has 0 aliphatic carbocycles. The molecule has 0 radical (unpaired) electrons. The Morgan fingerprint density at radius 3 is 2.48 bits per heavy atom. The molecule has 3 aromatic rings. The standard InChI is InChI=1S/C22H24N2O3S2/c1-5-27-21(26)12-24-18-10-15(3)16(4)11-19(18)29-22(24)23-20(25)13-28-17-8-6-14(2)7-9-17/h6-11H,5,12-13H2,1-4H3. The van der Waals surface area contributed by atoms with Gasteiger partial charge in [0.15, 0.2) is 4.80 Å². The van der Waals surface area contributed by atoms with Crippen LogP contribution in [-0.2, 0) is 20.9 Å². The van der Waals surface area contributed by atoms with Crippen molar-refractivity contribution in [1.82, 2.24) is 4.57 Å². The number of nitrogens with zero attached hydrogens (tertiary/aromatic N) is 2. The van der Waals surface area contributed by atoms with E-state index in [1.165, 1.54) is 28.7 Å². The van der Waals surface area contributed by atoms with Crippen molar-refractivity contribution < 1.29 is 14.3 Å². The molecule has 0 N–H and O–H groups in total. The van der Waals surface area contributed by atoms with E-state index in [1.807, 2.05) is 51.1 Å². The number of aryl methyl sites for hydroxylation is 3. The Morgan fingerprint density at radius 2 is 1.79 bits per heavy atom. The van der Waals surface area contributed by atoms with Crippen LogP contribution < -0.4 is 4.80 Å². The molecule has 29 heavy (non-hydrogen) atoms. The molecule has 0 aliphatic heterocycles. The Morgan fingerprint density at radius 1 is 1.10 bits per heavy atom. The molecule has 0 aliphatic rings. The van der Waals surface area contributed by atoms with Crippen LogP contribution in [0, 0.1) is 20.8 Å². The van der Waals surface area contributed by atoms with Crippen LogP contribution in [0.2, 0.25) is 0 Å².